The Hall–Kier alpha value is -0.676. The third kappa shape index (κ3) is 5.87. The molecular weight excluding hydrogens is 462 g/mol. The second-order valence-electron chi connectivity index (χ2n) is 11.8. The first-order valence-corrected chi connectivity index (χ1v) is 17.5. The fourth-order valence-electron chi connectivity index (χ4n) is 3.22. The van der Waals surface area contributed by atoms with E-state index in [2.05, 4.69) is 74.3 Å². The predicted octanol–water partition coefficient (Wildman–Crippen LogP) is 5.54. The van der Waals surface area contributed by atoms with Crippen molar-refractivity contribution in [3.8, 4) is 0 Å². The van der Waals surface area contributed by atoms with E-state index >= 15 is 0 Å². The van der Waals surface area contributed by atoms with Crippen molar-refractivity contribution in [2.45, 2.75) is 108 Å². The van der Waals surface area contributed by atoms with Gasteiger partial charge in [-0.2, -0.15) is 0 Å². The lowest BCUT2D eigenvalue weighted by atomic mass is 9.89. The van der Waals surface area contributed by atoms with Gasteiger partial charge in [0.15, 0.2) is 22.7 Å². The molecule has 1 heterocycles. The smallest absolute Gasteiger partial charge is 0.331 e. The second kappa shape index (κ2) is 9.90. The van der Waals surface area contributed by atoms with Gasteiger partial charge in [-0.1, -0.05) is 59.2 Å². The molecule has 1 fully saturated rings. The molecule has 0 saturated carbocycles. The van der Waals surface area contributed by atoms with Crippen LogP contribution in [0.2, 0.25) is 36.3 Å². The Morgan fingerprint density at radius 2 is 1.50 bits per heavy atom. The van der Waals surface area contributed by atoms with Crippen LogP contribution in [0.25, 0.3) is 0 Å². The molecule has 186 valence electrons. The number of hydrogen-bond acceptors (Lipinski definition) is 5. The third-order valence-electron chi connectivity index (χ3n) is 7.42. The molecule has 0 spiro atoms. The van der Waals surface area contributed by atoms with Gasteiger partial charge in [-0.25, -0.2) is 4.79 Å². The highest BCUT2D eigenvalue weighted by Crippen LogP contribution is 2.43. The molecule has 0 aromatic heterocycles. The number of ether oxygens (including phenoxy) is 1. The number of amides is 1. The van der Waals surface area contributed by atoms with Crippen LogP contribution >= 0.6 is 11.6 Å². The zero-order chi connectivity index (χ0) is 25.4. The Morgan fingerprint density at radius 3 is 1.84 bits per heavy atom. The van der Waals surface area contributed by atoms with Crippen molar-refractivity contribution in [1.82, 2.24) is 4.90 Å². The summed E-state index contributed by atoms with van der Waals surface area (Å²) in [6.07, 6.45) is 0.497. The monoisotopic (exact) mass is 505 g/mol. The molecule has 1 aliphatic rings. The molecule has 0 aromatic carbocycles. The summed E-state index contributed by atoms with van der Waals surface area (Å²) in [6.45, 7) is 27.0. The number of methoxy groups -OCH3 is 1. The van der Waals surface area contributed by atoms with Crippen LogP contribution in [-0.4, -0.2) is 64.3 Å². The zero-order valence-electron chi connectivity index (χ0n) is 22.0. The standard InChI is InChI=1S/C23H44ClNO5Si2/c1-14-16(30-32(12,13)23(6,7)8)18(21(27)28-9)25-19(24)17(20(25)26)15(2)29-31(10,11)22(3,4)5/h14-19H,1H2,2-13H3/t15-,16?,17-,18?,19+/m1/s1. The van der Waals surface area contributed by atoms with Gasteiger partial charge in [-0.05, 0) is 43.2 Å². The third-order valence-corrected chi connectivity index (χ3v) is 16.9. The van der Waals surface area contributed by atoms with Crippen LogP contribution in [0, 0.1) is 5.92 Å². The summed E-state index contributed by atoms with van der Waals surface area (Å²) >= 11 is 6.73. The lowest BCUT2D eigenvalue weighted by Crippen LogP contribution is -2.70. The van der Waals surface area contributed by atoms with E-state index in [1.165, 1.54) is 12.0 Å². The maximum Gasteiger partial charge on any atom is 0.331 e. The zero-order valence-corrected chi connectivity index (χ0v) is 24.8. The number of rotatable bonds is 9. The van der Waals surface area contributed by atoms with Crippen LogP contribution in [0.4, 0.5) is 0 Å². The first-order valence-electron chi connectivity index (χ1n) is 11.3. The summed E-state index contributed by atoms with van der Waals surface area (Å²) in [5.74, 6) is -1.32. The summed E-state index contributed by atoms with van der Waals surface area (Å²) in [5, 5.41) is -0.0721. The minimum absolute atomic E-state index is 0.00897. The van der Waals surface area contributed by atoms with E-state index in [4.69, 9.17) is 25.2 Å². The molecule has 32 heavy (non-hydrogen) atoms. The quantitative estimate of drug-likeness (QED) is 0.103. The van der Waals surface area contributed by atoms with Crippen LogP contribution in [0.1, 0.15) is 48.5 Å². The van der Waals surface area contributed by atoms with Gasteiger partial charge in [0, 0.05) is 0 Å². The fourth-order valence-corrected chi connectivity index (χ4v) is 6.44. The number of halogens is 1. The number of carbonyl (C=O) groups is 2. The van der Waals surface area contributed by atoms with Crippen LogP contribution in [0.5, 0.6) is 0 Å². The fraction of sp³-hybridized carbons (Fsp3) is 0.826. The second-order valence-corrected chi connectivity index (χ2v) is 21.7. The van der Waals surface area contributed by atoms with Crippen molar-refractivity contribution in [3.63, 3.8) is 0 Å². The molecule has 2 unspecified atom stereocenters. The predicted molar refractivity (Wildman–Crippen MR) is 136 cm³/mol. The highest BCUT2D eigenvalue weighted by atomic mass is 35.5. The Labute approximate surface area is 202 Å². The van der Waals surface area contributed by atoms with Gasteiger partial charge in [-0.3, -0.25) is 4.79 Å². The van der Waals surface area contributed by atoms with Crippen molar-refractivity contribution in [3.05, 3.63) is 12.7 Å². The molecule has 5 atom stereocenters. The first kappa shape index (κ1) is 29.4. The molecule has 0 radical (unpaired) electrons. The number of likely N-dealkylation sites (tertiary alicyclic amines) is 1. The number of alkyl halides is 1. The van der Waals surface area contributed by atoms with Crippen LogP contribution in [0.15, 0.2) is 12.7 Å². The van der Waals surface area contributed by atoms with E-state index in [1.54, 1.807) is 6.08 Å². The first-order chi connectivity index (χ1) is 14.2. The maximum absolute atomic E-state index is 13.3. The number of β-lactam (4-membered cyclic amide) rings is 1. The van der Waals surface area contributed by atoms with Gasteiger partial charge < -0.3 is 18.5 Å². The molecule has 9 heteroatoms. The van der Waals surface area contributed by atoms with E-state index < -0.39 is 46.2 Å². The van der Waals surface area contributed by atoms with Crippen LogP contribution in [0.3, 0.4) is 0 Å². The van der Waals surface area contributed by atoms with Gasteiger partial charge in [0.05, 0.1) is 25.2 Å². The minimum atomic E-state index is -2.26. The van der Waals surface area contributed by atoms with Gasteiger partial charge in [-0.15, -0.1) is 6.58 Å². The normalized spacial score (nSPS) is 23.3. The molecule has 1 aliphatic heterocycles. The highest BCUT2D eigenvalue weighted by molar-refractivity contribution is 6.74. The van der Waals surface area contributed by atoms with Crippen LogP contribution in [-0.2, 0) is 23.2 Å². The lowest BCUT2D eigenvalue weighted by Gasteiger charge is -2.52. The lowest BCUT2D eigenvalue weighted by molar-refractivity contribution is -0.174. The summed E-state index contributed by atoms with van der Waals surface area (Å²) in [5.41, 5.74) is -0.697. The molecule has 0 bridgehead atoms. The van der Waals surface area contributed by atoms with Crippen LogP contribution < -0.4 is 0 Å². The molecular formula is C23H44ClNO5Si2. The number of esters is 1. The molecule has 6 nitrogen and oxygen atoms in total. The van der Waals surface area contributed by atoms with Crippen molar-refractivity contribution in [2.24, 2.45) is 5.92 Å². The molecule has 1 amide bonds. The summed E-state index contributed by atoms with van der Waals surface area (Å²) in [4.78, 5) is 27.5. The average Bonchev–Trinajstić information content (AvgIpc) is 2.61. The summed E-state index contributed by atoms with van der Waals surface area (Å²) < 4.78 is 17.9. The van der Waals surface area contributed by atoms with Gasteiger partial charge in [0.2, 0.25) is 5.91 Å². The van der Waals surface area contributed by atoms with Crippen molar-refractivity contribution in [1.29, 1.82) is 0 Å². The molecule has 0 N–H and O–H groups in total. The molecule has 0 aromatic rings. The largest absolute Gasteiger partial charge is 0.467 e. The highest BCUT2D eigenvalue weighted by Gasteiger charge is 2.57. The van der Waals surface area contributed by atoms with E-state index in [9.17, 15) is 9.59 Å². The molecule has 1 saturated heterocycles. The maximum atomic E-state index is 13.3. The Kier molecular flexibility index (Phi) is 9.08. The van der Waals surface area contributed by atoms with E-state index in [0.717, 1.165) is 0 Å². The van der Waals surface area contributed by atoms with Crippen molar-refractivity contribution in [2.75, 3.05) is 7.11 Å². The number of nitrogens with zero attached hydrogens (tertiary/aromatic N) is 1. The Bertz CT molecular complexity index is 714. The molecule has 1 rings (SSSR count). The van der Waals surface area contributed by atoms with Gasteiger partial charge >= 0.3 is 5.97 Å². The molecule has 0 aliphatic carbocycles. The van der Waals surface area contributed by atoms with Gasteiger partial charge in [0.1, 0.15) is 5.50 Å². The Balaban J connectivity index is 3.17. The van der Waals surface area contributed by atoms with Gasteiger partial charge in [0.25, 0.3) is 0 Å². The SMILES string of the molecule is C=CC(O[Si](C)(C)C(C)(C)C)C(C(=O)OC)N1C(=O)[C@H]([C@@H](C)O[Si](C)(C)C(C)(C)C)[C@H]1Cl. The summed E-state index contributed by atoms with van der Waals surface area (Å²) in [7, 11) is -3.05. The van der Waals surface area contributed by atoms with E-state index in [0.29, 0.717) is 0 Å². The number of hydrogen-bond donors (Lipinski definition) is 0. The Morgan fingerprint density at radius 1 is 1.06 bits per heavy atom. The number of carbonyl (C=O) groups excluding carboxylic acids is 2. The van der Waals surface area contributed by atoms with Crippen molar-refractivity contribution < 1.29 is 23.2 Å². The average molecular weight is 506 g/mol. The van der Waals surface area contributed by atoms with Crippen molar-refractivity contribution >= 4 is 40.1 Å². The minimum Gasteiger partial charge on any atom is -0.467 e. The van der Waals surface area contributed by atoms with E-state index in [1.807, 2.05) is 6.92 Å². The topological polar surface area (TPSA) is 65.1 Å². The summed E-state index contributed by atoms with van der Waals surface area (Å²) in [6, 6.07) is -0.988. The van der Waals surface area contributed by atoms with E-state index in [-0.39, 0.29) is 22.1 Å².